The van der Waals surface area contributed by atoms with E-state index in [1.54, 1.807) is 36.4 Å². The van der Waals surface area contributed by atoms with Crippen LogP contribution in [0.4, 0.5) is 0 Å². The topological polar surface area (TPSA) is 69.6 Å². The van der Waals surface area contributed by atoms with Crippen molar-refractivity contribution in [1.29, 1.82) is 0 Å². The van der Waals surface area contributed by atoms with Gasteiger partial charge >= 0.3 is 0 Å². The van der Waals surface area contributed by atoms with Gasteiger partial charge < -0.3 is 9.15 Å². The molecule has 0 radical (unpaired) electrons. The minimum absolute atomic E-state index is 0.252. The Balaban J connectivity index is 1.41. The van der Waals surface area contributed by atoms with E-state index in [0.717, 1.165) is 16.9 Å². The molecule has 0 aliphatic carbocycles. The monoisotopic (exact) mass is 511 g/mol. The van der Waals surface area contributed by atoms with Crippen LogP contribution in [-0.2, 0) is 0 Å². The van der Waals surface area contributed by atoms with Gasteiger partial charge in [-0.1, -0.05) is 48.4 Å². The molecule has 0 atom stereocenters. The van der Waals surface area contributed by atoms with E-state index < -0.39 is 0 Å². The van der Waals surface area contributed by atoms with Crippen LogP contribution < -0.4 is 14.8 Å². The van der Waals surface area contributed by atoms with E-state index >= 15 is 0 Å². The number of benzene rings is 2. The van der Waals surface area contributed by atoms with Gasteiger partial charge in [0.05, 0.1) is 11.6 Å². The summed E-state index contributed by atoms with van der Waals surface area (Å²) in [6, 6.07) is 16.3. The highest BCUT2D eigenvalue weighted by Gasteiger charge is 2.13. The average molecular weight is 512 g/mol. The summed E-state index contributed by atoms with van der Waals surface area (Å²) in [6.07, 6.45) is 1.68. The number of nitrogens with zero attached hydrogens (tertiary/aromatic N) is 3. The summed E-state index contributed by atoms with van der Waals surface area (Å²) in [5, 5.41) is 5.44. The number of ether oxygens (including phenoxy) is 1. The predicted octanol–water partition coefficient (Wildman–Crippen LogP) is 5.97. The molecule has 0 unspecified atom stereocenters. The summed E-state index contributed by atoms with van der Waals surface area (Å²) in [5.74, 6) is 2.84. The lowest BCUT2D eigenvalue weighted by Gasteiger charge is -2.08. The molecule has 5 rings (SSSR count). The van der Waals surface area contributed by atoms with Crippen LogP contribution in [0.1, 0.15) is 19.6 Å². The standard InChI is InChI=1S/C25H19Cl2N3O3S/c1-14(2)13-32-17-6-3-15(4-7-17)23-28-25-30(29-23)24(31)22(34-25)12-18-8-10-21(33-18)19-9-5-16(26)11-20(19)27/h3-12,14H,13H2,1-2H3. The number of thiazole rings is 1. The lowest BCUT2D eigenvalue weighted by atomic mass is 10.2. The smallest absolute Gasteiger partial charge is 0.291 e. The average Bonchev–Trinajstić information content (AvgIpc) is 3.50. The molecule has 34 heavy (non-hydrogen) atoms. The first-order valence-electron chi connectivity index (χ1n) is 10.6. The minimum atomic E-state index is -0.252. The van der Waals surface area contributed by atoms with Crippen LogP contribution in [0.15, 0.2) is 63.8 Å². The lowest BCUT2D eigenvalue weighted by molar-refractivity contribution is 0.271. The van der Waals surface area contributed by atoms with Crippen LogP contribution in [0.3, 0.4) is 0 Å². The van der Waals surface area contributed by atoms with Gasteiger partial charge in [0.1, 0.15) is 21.8 Å². The first-order chi connectivity index (χ1) is 16.4. The molecule has 0 aliphatic heterocycles. The van der Waals surface area contributed by atoms with E-state index in [4.69, 9.17) is 32.4 Å². The molecule has 0 saturated heterocycles. The fraction of sp³-hybridized carbons (Fsp3) is 0.160. The summed E-state index contributed by atoms with van der Waals surface area (Å²) in [5.41, 5.74) is 1.28. The van der Waals surface area contributed by atoms with Crippen LogP contribution in [0.5, 0.6) is 5.75 Å². The molecule has 172 valence electrons. The first kappa shape index (κ1) is 22.7. The van der Waals surface area contributed by atoms with Gasteiger partial charge in [-0.05, 0) is 60.5 Å². The van der Waals surface area contributed by atoms with Crippen LogP contribution in [-0.4, -0.2) is 21.2 Å². The molecule has 3 heterocycles. The van der Waals surface area contributed by atoms with Crippen LogP contribution in [0, 0.1) is 5.92 Å². The Bertz CT molecular complexity index is 1590. The molecule has 2 aromatic carbocycles. The Morgan fingerprint density at radius 1 is 1.12 bits per heavy atom. The molecular formula is C25H19Cl2N3O3S. The zero-order valence-corrected chi connectivity index (χ0v) is 20.6. The van der Waals surface area contributed by atoms with Crippen LogP contribution in [0.25, 0.3) is 33.7 Å². The van der Waals surface area contributed by atoms with Crippen LogP contribution in [0.2, 0.25) is 10.0 Å². The highest BCUT2D eigenvalue weighted by atomic mass is 35.5. The van der Waals surface area contributed by atoms with Gasteiger partial charge in [-0.3, -0.25) is 4.79 Å². The van der Waals surface area contributed by atoms with Crippen molar-refractivity contribution < 1.29 is 9.15 Å². The second-order valence-electron chi connectivity index (χ2n) is 8.10. The maximum absolute atomic E-state index is 12.9. The first-order valence-corrected chi connectivity index (χ1v) is 12.1. The molecule has 0 saturated carbocycles. The van der Waals surface area contributed by atoms with Crippen molar-refractivity contribution in [2.24, 2.45) is 5.92 Å². The highest BCUT2D eigenvalue weighted by molar-refractivity contribution is 7.15. The molecule has 3 aromatic heterocycles. The van der Waals surface area contributed by atoms with E-state index in [1.807, 2.05) is 24.3 Å². The summed E-state index contributed by atoms with van der Waals surface area (Å²) < 4.78 is 13.4. The van der Waals surface area contributed by atoms with Crippen molar-refractivity contribution in [1.82, 2.24) is 14.6 Å². The van der Waals surface area contributed by atoms with E-state index in [0.29, 0.717) is 49.4 Å². The fourth-order valence-corrected chi connectivity index (χ4v) is 4.70. The third-order valence-corrected chi connectivity index (χ3v) is 6.48. The summed E-state index contributed by atoms with van der Waals surface area (Å²) >= 11 is 13.5. The zero-order chi connectivity index (χ0) is 23.8. The molecule has 9 heteroatoms. The van der Waals surface area contributed by atoms with Gasteiger partial charge in [0, 0.05) is 22.2 Å². The number of furan rings is 1. The van der Waals surface area contributed by atoms with E-state index in [1.165, 1.54) is 15.9 Å². The molecule has 6 nitrogen and oxygen atoms in total. The van der Waals surface area contributed by atoms with Crippen molar-refractivity contribution in [3.63, 3.8) is 0 Å². The Morgan fingerprint density at radius 2 is 1.91 bits per heavy atom. The van der Waals surface area contributed by atoms with Gasteiger partial charge in [0.15, 0.2) is 5.82 Å². The Labute approximate surface area is 209 Å². The van der Waals surface area contributed by atoms with Crippen molar-refractivity contribution >= 4 is 45.6 Å². The van der Waals surface area contributed by atoms with Gasteiger partial charge in [-0.25, -0.2) is 0 Å². The highest BCUT2D eigenvalue weighted by Crippen LogP contribution is 2.31. The molecule has 0 amide bonds. The molecule has 0 aliphatic rings. The Hall–Kier alpha value is -3.13. The largest absolute Gasteiger partial charge is 0.493 e. The van der Waals surface area contributed by atoms with Crippen LogP contribution >= 0.6 is 34.5 Å². The maximum Gasteiger partial charge on any atom is 0.291 e. The third-order valence-electron chi connectivity index (χ3n) is 4.97. The van der Waals surface area contributed by atoms with Gasteiger partial charge in [0.25, 0.3) is 5.56 Å². The normalized spacial score (nSPS) is 12.2. The molecule has 0 spiro atoms. The van der Waals surface area contributed by atoms with Gasteiger partial charge in [0.2, 0.25) is 4.96 Å². The number of halogens is 2. The van der Waals surface area contributed by atoms with Gasteiger partial charge in [-0.2, -0.15) is 9.50 Å². The number of hydrogen-bond donors (Lipinski definition) is 0. The molecule has 0 bridgehead atoms. The quantitative estimate of drug-likeness (QED) is 0.281. The number of aromatic nitrogens is 3. The van der Waals surface area contributed by atoms with E-state index in [9.17, 15) is 4.79 Å². The van der Waals surface area contributed by atoms with Crippen molar-refractivity contribution in [3.8, 4) is 28.5 Å². The second kappa shape index (κ2) is 9.25. The predicted molar refractivity (Wildman–Crippen MR) is 136 cm³/mol. The lowest BCUT2D eigenvalue weighted by Crippen LogP contribution is -2.23. The number of fused-ring (bicyclic) bond motifs is 1. The molecular weight excluding hydrogens is 493 g/mol. The fourth-order valence-electron chi connectivity index (χ4n) is 3.31. The number of rotatable bonds is 6. The Kier molecular flexibility index (Phi) is 6.16. The molecule has 0 fully saturated rings. The summed E-state index contributed by atoms with van der Waals surface area (Å²) in [7, 11) is 0. The van der Waals surface area contributed by atoms with Crippen molar-refractivity contribution in [2.75, 3.05) is 6.61 Å². The second-order valence-corrected chi connectivity index (χ2v) is 9.95. The van der Waals surface area contributed by atoms with Crippen molar-refractivity contribution in [2.45, 2.75) is 13.8 Å². The van der Waals surface area contributed by atoms with Crippen molar-refractivity contribution in [3.05, 3.63) is 85.3 Å². The third kappa shape index (κ3) is 4.59. The Morgan fingerprint density at radius 3 is 2.62 bits per heavy atom. The zero-order valence-electron chi connectivity index (χ0n) is 18.3. The van der Waals surface area contributed by atoms with E-state index in [2.05, 4.69) is 23.9 Å². The van der Waals surface area contributed by atoms with E-state index in [-0.39, 0.29) is 5.56 Å². The maximum atomic E-state index is 12.9. The number of hydrogen-bond acceptors (Lipinski definition) is 6. The minimum Gasteiger partial charge on any atom is -0.493 e. The molecule has 0 N–H and O–H groups in total. The summed E-state index contributed by atoms with van der Waals surface area (Å²) in [6.45, 7) is 4.85. The summed E-state index contributed by atoms with van der Waals surface area (Å²) in [4.78, 5) is 17.9. The SMILES string of the molecule is CC(C)COc1ccc(-c2nc3sc(=Cc4ccc(-c5ccc(Cl)cc5Cl)o4)c(=O)n3n2)cc1. The molecule has 5 aromatic rings. The van der Waals surface area contributed by atoms with Gasteiger partial charge in [-0.15, -0.1) is 5.10 Å².